The van der Waals surface area contributed by atoms with Crippen LogP contribution in [0.3, 0.4) is 0 Å². The molecule has 0 unspecified atom stereocenters. The van der Waals surface area contributed by atoms with Crippen molar-refractivity contribution in [3.63, 3.8) is 0 Å². The zero-order valence-corrected chi connectivity index (χ0v) is 10.8. The standard InChI is InChI=1S/C13H11BrS/c1-10-2-8-13(15-10)9-5-11-3-6-12(14)7-4-11/h2-9H,1H3/b9-5+. The maximum absolute atomic E-state index is 3.42. The predicted molar refractivity (Wildman–Crippen MR) is 72.1 cm³/mol. The topological polar surface area (TPSA) is 0 Å². The van der Waals surface area contributed by atoms with Crippen molar-refractivity contribution in [3.05, 3.63) is 56.2 Å². The molecule has 1 heterocycles. The lowest BCUT2D eigenvalue weighted by molar-refractivity contribution is 1.62. The zero-order chi connectivity index (χ0) is 10.7. The van der Waals surface area contributed by atoms with Crippen LogP contribution in [0.4, 0.5) is 0 Å². The van der Waals surface area contributed by atoms with Crippen molar-refractivity contribution in [1.29, 1.82) is 0 Å². The van der Waals surface area contributed by atoms with E-state index in [1.54, 1.807) is 0 Å². The molecule has 76 valence electrons. The maximum atomic E-state index is 3.42. The Labute approximate surface area is 102 Å². The highest BCUT2D eigenvalue weighted by Crippen LogP contribution is 2.18. The second kappa shape index (κ2) is 4.77. The fourth-order valence-corrected chi connectivity index (χ4v) is 2.34. The van der Waals surface area contributed by atoms with Gasteiger partial charge in [-0.3, -0.25) is 0 Å². The third-order valence-corrected chi connectivity index (χ3v) is 3.57. The smallest absolute Gasteiger partial charge is 0.0273 e. The summed E-state index contributed by atoms with van der Waals surface area (Å²) in [6.07, 6.45) is 4.29. The minimum atomic E-state index is 1.12. The molecule has 2 rings (SSSR count). The molecule has 1 aromatic carbocycles. The molecule has 15 heavy (non-hydrogen) atoms. The second-order valence-electron chi connectivity index (χ2n) is 3.33. The van der Waals surface area contributed by atoms with Crippen molar-refractivity contribution in [2.24, 2.45) is 0 Å². The van der Waals surface area contributed by atoms with Crippen molar-refractivity contribution in [2.75, 3.05) is 0 Å². The quantitative estimate of drug-likeness (QED) is 0.726. The van der Waals surface area contributed by atoms with Crippen molar-refractivity contribution in [1.82, 2.24) is 0 Å². The summed E-state index contributed by atoms with van der Waals surface area (Å²) in [5, 5.41) is 0. The summed E-state index contributed by atoms with van der Waals surface area (Å²) in [6.45, 7) is 2.13. The van der Waals surface area contributed by atoms with Gasteiger partial charge in [0.15, 0.2) is 0 Å². The van der Waals surface area contributed by atoms with Crippen LogP contribution in [0.25, 0.3) is 12.2 Å². The first kappa shape index (κ1) is 10.7. The number of hydrogen-bond donors (Lipinski definition) is 0. The van der Waals surface area contributed by atoms with Gasteiger partial charge in [0.1, 0.15) is 0 Å². The average Bonchev–Trinajstić information content (AvgIpc) is 2.64. The number of hydrogen-bond acceptors (Lipinski definition) is 1. The first-order valence-electron chi connectivity index (χ1n) is 4.74. The number of rotatable bonds is 2. The molecule has 0 aliphatic heterocycles. The van der Waals surface area contributed by atoms with Crippen molar-refractivity contribution in [2.45, 2.75) is 6.92 Å². The molecule has 1 aromatic heterocycles. The van der Waals surface area contributed by atoms with Crippen molar-refractivity contribution >= 4 is 39.4 Å². The van der Waals surface area contributed by atoms with Gasteiger partial charge in [0.25, 0.3) is 0 Å². The summed E-state index contributed by atoms with van der Waals surface area (Å²) in [4.78, 5) is 2.65. The Morgan fingerprint density at radius 2 is 1.73 bits per heavy atom. The highest BCUT2D eigenvalue weighted by Gasteiger charge is 1.91. The average molecular weight is 279 g/mol. The molecule has 0 aliphatic carbocycles. The van der Waals surface area contributed by atoms with Gasteiger partial charge in [0.05, 0.1) is 0 Å². The van der Waals surface area contributed by atoms with Crippen LogP contribution in [0.2, 0.25) is 0 Å². The van der Waals surface area contributed by atoms with Crippen LogP contribution in [0.15, 0.2) is 40.9 Å². The maximum Gasteiger partial charge on any atom is 0.0273 e. The van der Waals surface area contributed by atoms with E-state index in [0.29, 0.717) is 0 Å². The molecule has 0 saturated carbocycles. The summed E-state index contributed by atoms with van der Waals surface area (Å²) in [5.41, 5.74) is 1.23. The Balaban J connectivity index is 2.14. The van der Waals surface area contributed by atoms with E-state index in [1.807, 2.05) is 11.3 Å². The molecule has 0 atom stereocenters. The molecule has 2 aromatic rings. The zero-order valence-electron chi connectivity index (χ0n) is 8.41. The number of benzene rings is 1. The molecule has 0 saturated heterocycles. The van der Waals surface area contributed by atoms with Crippen molar-refractivity contribution < 1.29 is 0 Å². The lowest BCUT2D eigenvalue weighted by Crippen LogP contribution is -1.69. The first-order chi connectivity index (χ1) is 7.24. The van der Waals surface area contributed by atoms with Crippen molar-refractivity contribution in [3.8, 4) is 0 Å². The van der Waals surface area contributed by atoms with Gasteiger partial charge in [-0.15, -0.1) is 11.3 Å². The number of thiophene rings is 1. The minimum absolute atomic E-state index is 1.12. The summed E-state index contributed by atoms with van der Waals surface area (Å²) >= 11 is 5.24. The van der Waals surface area contributed by atoms with Crippen LogP contribution in [-0.2, 0) is 0 Å². The van der Waals surface area contributed by atoms with Crippen LogP contribution >= 0.6 is 27.3 Å². The molecule has 0 aliphatic rings. The molecule has 0 bridgehead atoms. The lowest BCUT2D eigenvalue weighted by Gasteiger charge is -1.92. The van der Waals surface area contributed by atoms with E-state index in [1.165, 1.54) is 15.3 Å². The van der Waals surface area contributed by atoms with Gasteiger partial charge in [0.2, 0.25) is 0 Å². The van der Waals surface area contributed by atoms with E-state index in [0.717, 1.165) is 4.47 Å². The Kier molecular flexibility index (Phi) is 3.39. The summed E-state index contributed by atoms with van der Waals surface area (Å²) in [7, 11) is 0. The lowest BCUT2D eigenvalue weighted by atomic mass is 10.2. The summed E-state index contributed by atoms with van der Waals surface area (Å²) in [6, 6.07) is 12.6. The summed E-state index contributed by atoms with van der Waals surface area (Å²) in [5.74, 6) is 0. The first-order valence-corrected chi connectivity index (χ1v) is 6.35. The van der Waals surface area contributed by atoms with E-state index in [9.17, 15) is 0 Å². The van der Waals surface area contributed by atoms with Gasteiger partial charge in [-0.25, -0.2) is 0 Å². The van der Waals surface area contributed by atoms with Gasteiger partial charge in [0, 0.05) is 14.2 Å². The Morgan fingerprint density at radius 1 is 1.00 bits per heavy atom. The molecular weight excluding hydrogens is 268 g/mol. The molecule has 0 amide bonds. The molecule has 0 spiro atoms. The minimum Gasteiger partial charge on any atom is -0.141 e. The molecule has 2 heteroatoms. The van der Waals surface area contributed by atoms with Crippen LogP contribution < -0.4 is 0 Å². The van der Waals surface area contributed by atoms with E-state index in [4.69, 9.17) is 0 Å². The van der Waals surface area contributed by atoms with Crippen LogP contribution in [0, 0.1) is 6.92 Å². The fraction of sp³-hybridized carbons (Fsp3) is 0.0769. The highest BCUT2D eigenvalue weighted by atomic mass is 79.9. The van der Waals surface area contributed by atoms with E-state index in [-0.39, 0.29) is 0 Å². The third-order valence-electron chi connectivity index (χ3n) is 2.07. The van der Waals surface area contributed by atoms with Gasteiger partial charge in [-0.05, 0) is 42.8 Å². The molecule has 0 nitrogen and oxygen atoms in total. The SMILES string of the molecule is Cc1ccc(/C=C/c2ccc(Br)cc2)s1. The second-order valence-corrected chi connectivity index (χ2v) is 5.57. The third kappa shape index (κ3) is 3.05. The fourth-order valence-electron chi connectivity index (χ4n) is 1.30. The number of aryl methyl sites for hydroxylation is 1. The van der Waals surface area contributed by atoms with Gasteiger partial charge < -0.3 is 0 Å². The van der Waals surface area contributed by atoms with E-state index in [2.05, 4.69) is 71.4 Å². The Hall–Kier alpha value is -0.860. The normalized spacial score (nSPS) is 11.1. The highest BCUT2D eigenvalue weighted by molar-refractivity contribution is 9.10. The van der Waals surface area contributed by atoms with Crippen LogP contribution in [0.1, 0.15) is 15.3 Å². The summed E-state index contributed by atoms with van der Waals surface area (Å²) < 4.78 is 1.12. The van der Waals surface area contributed by atoms with Gasteiger partial charge >= 0.3 is 0 Å². The Morgan fingerprint density at radius 3 is 2.33 bits per heavy atom. The Bertz CT molecular complexity index is 466. The predicted octanol–water partition coefficient (Wildman–Crippen LogP) is 4.99. The van der Waals surface area contributed by atoms with Crippen LogP contribution in [-0.4, -0.2) is 0 Å². The van der Waals surface area contributed by atoms with Crippen LogP contribution in [0.5, 0.6) is 0 Å². The molecular formula is C13H11BrS. The molecule has 0 radical (unpaired) electrons. The van der Waals surface area contributed by atoms with Gasteiger partial charge in [-0.2, -0.15) is 0 Å². The molecule has 0 N–H and O–H groups in total. The van der Waals surface area contributed by atoms with E-state index < -0.39 is 0 Å². The number of halogens is 1. The molecule has 0 fully saturated rings. The van der Waals surface area contributed by atoms with Gasteiger partial charge in [-0.1, -0.05) is 34.1 Å². The largest absolute Gasteiger partial charge is 0.141 e. The van der Waals surface area contributed by atoms with E-state index >= 15 is 0 Å². The monoisotopic (exact) mass is 278 g/mol.